The molecule has 4 heteroatoms. The van der Waals surface area contributed by atoms with Gasteiger partial charge in [-0.3, -0.25) is 0 Å². The quantitative estimate of drug-likeness (QED) is 0.618. The van der Waals surface area contributed by atoms with Crippen LogP contribution in [0.2, 0.25) is 5.02 Å². The fourth-order valence-electron chi connectivity index (χ4n) is 3.13. The smallest absolute Gasteiger partial charge is 0.235 e. The van der Waals surface area contributed by atoms with Gasteiger partial charge < -0.3 is 4.74 Å². The van der Waals surface area contributed by atoms with Crippen LogP contribution in [0.25, 0.3) is 0 Å². The van der Waals surface area contributed by atoms with Crippen molar-refractivity contribution in [2.45, 2.75) is 45.1 Å². The van der Waals surface area contributed by atoms with E-state index in [-0.39, 0.29) is 0 Å². The first-order valence-corrected chi connectivity index (χ1v) is 6.87. The minimum Gasteiger partial charge on any atom is -0.496 e. The van der Waals surface area contributed by atoms with Gasteiger partial charge in [0.05, 0.1) is 12.6 Å². The maximum Gasteiger partial charge on any atom is 0.235 e. The molecular weight excluding hydrogens is 262 g/mol. The maximum atomic E-state index is 10.8. The van der Waals surface area contributed by atoms with Crippen LogP contribution in [0.15, 0.2) is 11.1 Å². The van der Waals surface area contributed by atoms with Gasteiger partial charge in [-0.05, 0) is 43.9 Å². The molecule has 1 aliphatic carbocycles. The van der Waals surface area contributed by atoms with E-state index in [1.165, 1.54) is 0 Å². The molecule has 19 heavy (non-hydrogen) atoms. The van der Waals surface area contributed by atoms with Crippen LogP contribution in [0.4, 0.5) is 0 Å². The zero-order valence-corrected chi connectivity index (χ0v) is 12.3. The molecular formula is C15H18ClNO2. The molecule has 0 atom stereocenters. The van der Waals surface area contributed by atoms with E-state index >= 15 is 0 Å². The summed E-state index contributed by atoms with van der Waals surface area (Å²) in [5.41, 5.74) is 2.48. The van der Waals surface area contributed by atoms with E-state index in [1.54, 1.807) is 13.2 Å². The molecule has 102 valence electrons. The molecule has 2 rings (SSSR count). The molecule has 1 fully saturated rings. The van der Waals surface area contributed by atoms with Gasteiger partial charge in [0.2, 0.25) is 6.08 Å². The Hall–Kier alpha value is -1.31. The Kier molecular flexibility index (Phi) is 3.98. The summed E-state index contributed by atoms with van der Waals surface area (Å²) in [7, 11) is 1.64. The van der Waals surface area contributed by atoms with Crippen LogP contribution < -0.4 is 4.74 Å². The summed E-state index contributed by atoms with van der Waals surface area (Å²) in [6, 6.07) is 1.93. The molecule has 0 N–H and O–H groups in total. The van der Waals surface area contributed by atoms with E-state index in [1.807, 2.05) is 19.9 Å². The van der Waals surface area contributed by atoms with E-state index in [0.717, 1.165) is 48.1 Å². The lowest BCUT2D eigenvalue weighted by Gasteiger charge is -2.27. The highest BCUT2D eigenvalue weighted by Crippen LogP contribution is 2.46. The van der Waals surface area contributed by atoms with Crippen molar-refractivity contribution in [1.82, 2.24) is 0 Å². The number of carbonyl (C=O) groups excluding carboxylic acids is 1. The SMILES string of the molecule is COc1c(C)c(Cl)cc(C2(N=C=O)CCCC2)c1C. The number of ether oxygens (including phenoxy) is 1. The second-order valence-electron chi connectivity index (χ2n) is 5.13. The molecule has 1 aliphatic rings. The summed E-state index contributed by atoms with van der Waals surface area (Å²) in [6.45, 7) is 3.93. The summed E-state index contributed by atoms with van der Waals surface area (Å²) in [5.74, 6) is 0.787. The average Bonchev–Trinajstić information content (AvgIpc) is 2.84. The van der Waals surface area contributed by atoms with Gasteiger partial charge in [0.1, 0.15) is 5.75 Å². The third kappa shape index (κ3) is 2.29. The van der Waals surface area contributed by atoms with E-state index in [4.69, 9.17) is 16.3 Å². The Morgan fingerprint density at radius 2 is 1.95 bits per heavy atom. The Bertz CT molecular complexity index is 542. The molecule has 0 spiro atoms. The van der Waals surface area contributed by atoms with Gasteiger partial charge in [-0.25, -0.2) is 4.79 Å². The van der Waals surface area contributed by atoms with E-state index in [0.29, 0.717) is 5.02 Å². The monoisotopic (exact) mass is 279 g/mol. The van der Waals surface area contributed by atoms with E-state index < -0.39 is 5.54 Å². The summed E-state index contributed by atoms with van der Waals surface area (Å²) in [6.07, 6.45) is 5.61. The highest BCUT2D eigenvalue weighted by molar-refractivity contribution is 6.31. The molecule has 1 aromatic carbocycles. The number of hydrogen-bond donors (Lipinski definition) is 0. The van der Waals surface area contributed by atoms with Crippen molar-refractivity contribution in [3.05, 3.63) is 27.8 Å². The van der Waals surface area contributed by atoms with Crippen LogP contribution >= 0.6 is 11.6 Å². The molecule has 0 saturated heterocycles. The minimum absolute atomic E-state index is 0.462. The summed E-state index contributed by atoms with van der Waals surface area (Å²) in [5, 5.41) is 0.657. The molecule has 0 bridgehead atoms. The summed E-state index contributed by atoms with van der Waals surface area (Å²) < 4.78 is 5.46. The first kappa shape index (κ1) is 14.1. The number of rotatable bonds is 3. The van der Waals surface area contributed by atoms with Crippen LogP contribution in [0.3, 0.4) is 0 Å². The second kappa shape index (κ2) is 5.36. The molecule has 3 nitrogen and oxygen atoms in total. The van der Waals surface area contributed by atoms with Crippen LogP contribution in [0.5, 0.6) is 5.75 Å². The lowest BCUT2D eigenvalue weighted by atomic mass is 9.84. The van der Waals surface area contributed by atoms with Gasteiger partial charge in [-0.15, -0.1) is 0 Å². The molecule has 1 aromatic rings. The Morgan fingerprint density at radius 3 is 2.47 bits per heavy atom. The molecule has 0 heterocycles. The first-order chi connectivity index (χ1) is 9.05. The highest BCUT2D eigenvalue weighted by atomic mass is 35.5. The fourth-order valence-corrected chi connectivity index (χ4v) is 3.33. The van der Waals surface area contributed by atoms with Gasteiger partial charge in [0, 0.05) is 10.6 Å². The third-order valence-electron chi connectivity index (χ3n) is 4.11. The Morgan fingerprint density at radius 1 is 1.32 bits per heavy atom. The molecule has 0 unspecified atom stereocenters. The normalized spacial score (nSPS) is 17.1. The number of hydrogen-bond acceptors (Lipinski definition) is 3. The third-order valence-corrected chi connectivity index (χ3v) is 4.50. The first-order valence-electron chi connectivity index (χ1n) is 6.49. The molecule has 1 saturated carbocycles. The summed E-state index contributed by atoms with van der Waals surface area (Å²) in [4.78, 5) is 14.9. The number of nitrogens with zero attached hydrogens (tertiary/aromatic N) is 1. The van der Waals surface area contributed by atoms with Crippen LogP contribution in [-0.4, -0.2) is 13.2 Å². The van der Waals surface area contributed by atoms with Crippen molar-refractivity contribution in [2.75, 3.05) is 7.11 Å². The predicted octanol–water partition coefficient (Wildman–Crippen LogP) is 4.07. The maximum absolute atomic E-state index is 10.8. The Labute approximate surface area is 118 Å². The largest absolute Gasteiger partial charge is 0.496 e. The van der Waals surface area contributed by atoms with Crippen molar-refractivity contribution in [1.29, 1.82) is 0 Å². The van der Waals surface area contributed by atoms with Crippen LogP contribution in [0.1, 0.15) is 42.4 Å². The number of isocyanates is 1. The molecule has 0 aliphatic heterocycles. The topological polar surface area (TPSA) is 38.7 Å². The standard InChI is InChI=1S/C15H18ClNO2/c1-10-12(8-13(16)11(2)14(10)19-3)15(17-9-18)6-4-5-7-15/h8H,4-7H2,1-3H3. The second-order valence-corrected chi connectivity index (χ2v) is 5.54. The number of aliphatic imine (C=N–C) groups is 1. The van der Waals surface area contributed by atoms with Gasteiger partial charge in [-0.1, -0.05) is 24.4 Å². The summed E-state index contributed by atoms with van der Waals surface area (Å²) >= 11 is 6.29. The Balaban J connectivity index is 2.67. The number of methoxy groups -OCH3 is 1. The van der Waals surface area contributed by atoms with Crippen molar-refractivity contribution in [3.8, 4) is 5.75 Å². The van der Waals surface area contributed by atoms with Crippen molar-refractivity contribution in [3.63, 3.8) is 0 Å². The fraction of sp³-hybridized carbons (Fsp3) is 0.533. The molecule has 0 radical (unpaired) electrons. The van der Waals surface area contributed by atoms with Crippen molar-refractivity contribution < 1.29 is 9.53 Å². The highest BCUT2D eigenvalue weighted by Gasteiger charge is 2.38. The van der Waals surface area contributed by atoms with Gasteiger partial charge in [0.25, 0.3) is 0 Å². The zero-order chi connectivity index (χ0) is 14.0. The lowest BCUT2D eigenvalue weighted by Crippen LogP contribution is -2.21. The lowest BCUT2D eigenvalue weighted by molar-refractivity contribution is 0.401. The number of benzene rings is 1. The van der Waals surface area contributed by atoms with Crippen LogP contribution in [0, 0.1) is 13.8 Å². The van der Waals surface area contributed by atoms with E-state index in [2.05, 4.69) is 4.99 Å². The van der Waals surface area contributed by atoms with E-state index in [9.17, 15) is 4.79 Å². The minimum atomic E-state index is -0.462. The zero-order valence-electron chi connectivity index (χ0n) is 11.5. The average molecular weight is 280 g/mol. The molecule has 0 amide bonds. The van der Waals surface area contributed by atoms with Gasteiger partial charge in [-0.2, -0.15) is 4.99 Å². The molecule has 0 aromatic heterocycles. The van der Waals surface area contributed by atoms with Crippen LogP contribution in [-0.2, 0) is 10.3 Å². The van der Waals surface area contributed by atoms with Gasteiger partial charge in [0.15, 0.2) is 0 Å². The van der Waals surface area contributed by atoms with Crippen molar-refractivity contribution >= 4 is 17.7 Å². The van der Waals surface area contributed by atoms with Gasteiger partial charge >= 0.3 is 0 Å². The van der Waals surface area contributed by atoms with Crippen molar-refractivity contribution in [2.24, 2.45) is 4.99 Å². The number of halogens is 1. The predicted molar refractivity (Wildman–Crippen MR) is 75.7 cm³/mol.